The van der Waals surface area contributed by atoms with Gasteiger partial charge in [0.25, 0.3) is 0 Å². The number of amides is 1. The van der Waals surface area contributed by atoms with Gasteiger partial charge in [0.15, 0.2) is 0 Å². The number of hydrogen-bond donors (Lipinski definition) is 2. The Kier molecular flexibility index (Phi) is 3.84. The van der Waals surface area contributed by atoms with Crippen LogP contribution in [0.5, 0.6) is 0 Å². The number of nitrogens with zero attached hydrogens (tertiary/aromatic N) is 2. The number of carbonyl (C=O) groups is 2. The van der Waals surface area contributed by atoms with Crippen molar-refractivity contribution in [3.63, 3.8) is 0 Å². The van der Waals surface area contributed by atoms with Crippen molar-refractivity contribution in [1.29, 1.82) is 0 Å². The van der Waals surface area contributed by atoms with E-state index in [4.69, 9.17) is 5.11 Å². The summed E-state index contributed by atoms with van der Waals surface area (Å²) < 4.78 is 1.68. The van der Waals surface area contributed by atoms with Crippen molar-refractivity contribution in [3.8, 4) is 0 Å². The van der Waals surface area contributed by atoms with E-state index in [2.05, 4.69) is 10.4 Å². The van der Waals surface area contributed by atoms with E-state index in [1.807, 2.05) is 6.07 Å². The van der Waals surface area contributed by atoms with Crippen LogP contribution in [-0.4, -0.2) is 33.3 Å². The van der Waals surface area contributed by atoms with Gasteiger partial charge in [-0.25, -0.2) is 0 Å². The molecule has 82 valence electrons. The van der Waals surface area contributed by atoms with Gasteiger partial charge in [-0.05, 0) is 12.5 Å². The van der Waals surface area contributed by atoms with E-state index in [1.165, 1.54) is 0 Å². The minimum Gasteiger partial charge on any atom is -0.480 e. The molecule has 0 unspecified atom stereocenters. The number of aliphatic carboxylic acids is 1. The van der Waals surface area contributed by atoms with E-state index >= 15 is 0 Å². The topological polar surface area (TPSA) is 84.2 Å². The molecule has 6 nitrogen and oxygen atoms in total. The van der Waals surface area contributed by atoms with E-state index in [0.717, 1.165) is 5.69 Å². The fourth-order valence-electron chi connectivity index (χ4n) is 1.15. The maximum absolute atomic E-state index is 11.1. The van der Waals surface area contributed by atoms with Crippen molar-refractivity contribution in [2.24, 2.45) is 7.05 Å². The van der Waals surface area contributed by atoms with Gasteiger partial charge in [0.05, 0.1) is 0 Å². The quantitative estimate of drug-likeness (QED) is 0.691. The minimum atomic E-state index is -1.04. The summed E-state index contributed by atoms with van der Waals surface area (Å²) in [6.45, 7) is -0.329. The molecule has 15 heavy (non-hydrogen) atoms. The van der Waals surface area contributed by atoms with Gasteiger partial charge in [-0.3, -0.25) is 14.3 Å². The molecule has 1 amide bonds. The van der Waals surface area contributed by atoms with Crippen LogP contribution in [0.3, 0.4) is 0 Å². The van der Waals surface area contributed by atoms with Crippen LogP contribution in [0.2, 0.25) is 0 Å². The summed E-state index contributed by atoms with van der Waals surface area (Å²) in [5.41, 5.74) is 0.945. The fourth-order valence-corrected chi connectivity index (χ4v) is 1.15. The highest BCUT2D eigenvalue weighted by atomic mass is 16.4. The number of aromatic nitrogens is 2. The Hall–Kier alpha value is -1.85. The molecule has 0 saturated heterocycles. The monoisotopic (exact) mass is 211 g/mol. The molecule has 0 radical (unpaired) electrons. The predicted octanol–water partition coefficient (Wildman–Crippen LogP) is -0.446. The molecule has 0 aliphatic carbocycles. The van der Waals surface area contributed by atoms with Crippen LogP contribution >= 0.6 is 0 Å². The lowest BCUT2D eigenvalue weighted by molar-refractivity contribution is -0.137. The van der Waals surface area contributed by atoms with Gasteiger partial charge >= 0.3 is 5.97 Å². The summed E-state index contributed by atoms with van der Waals surface area (Å²) in [7, 11) is 1.80. The van der Waals surface area contributed by atoms with Crippen LogP contribution in [0.1, 0.15) is 12.1 Å². The third-order valence-corrected chi connectivity index (χ3v) is 1.97. The Morgan fingerprint density at radius 2 is 2.33 bits per heavy atom. The summed E-state index contributed by atoms with van der Waals surface area (Å²) >= 11 is 0. The van der Waals surface area contributed by atoms with Crippen LogP contribution < -0.4 is 5.32 Å². The number of carboxylic acid groups (broad SMARTS) is 1. The summed E-state index contributed by atoms with van der Waals surface area (Å²) in [4.78, 5) is 21.3. The third kappa shape index (κ3) is 3.80. The highest BCUT2D eigenvalue weighted by Gasteiger charge is 2.05. The van der Waals surface area contributed by atoms with Crippen LogP contribution in [0.25, 0.3) is 0 Å². The van der Waals surface area contributed by atoms with Gasteiger partial charge in [0.2, 0.25) is 5.91 Å². The van der Waals surface area contributed by atoms with E-state index in [1.54, 1.807) is 17.9 Å². The van der Waals surface area contributed by atoms with Gasteiger partial charge < -0.3 is 10.4 Å². The zero-order chi connectivity index (χ0) is 11.3. The first kappa shape index (κ1) is 11.2. The number of carboxylic acids is 1. The number of aryl methyl sites for hydroxylation is 2. The van der Waals surface area contributed by atoms with Crippen molar-refractivity contribution < 1.29 is 14.7 Å². The van der Waals surface area contributed by atoms with Crippen molar-refractivity contribution in [2.75, 3.05) is 6.54 Å². The van der Waals surface area contributed by atoms with E-state index < -0.39 is 5.97 Å². The molecule has 1 aromatic heterocycles. The molecule has 0 bridgehead atoms. The van der Waals surface area contributed by atoms with Crippen LogP contribution in [0.4, 0.5) is 0 Å². The number of carbonyl (C=O) groups excluding carboxylic acids is 1. The van der Waals surface area contributed by atoms with Crippen LogP contribution in [-0.2, 0) is 23.1 Å². The second kappa shape index (κ2) is 5.14. The zero-order valence-electron chi connectivity index (χ0n) is 8.43. The van der Waals surface area contributed by atoms with Gasteiger partial charge in [-0.2, -0.15) is 5.10 Å². The molecule has 1 heterocycles. The van der Waals surface area contributed by atoms with Gasteiger partial charge in [0, 0.05) is 25.4 Å². The summed E-state index contributed by atoms with van der Waals surface area (Å²) in [5.74, 6) is -1.30. The van der Waals surface area contributed by atoms with Crippen molar-refractivity contribution >= 4 is 11.9 Å². The molecule has 1 rings (SSSR count). The smallest absolute Gasteiger partial charge is 0.322 e. The molecule has 6 heteroatoms. The molecule has 2 N–H and O–H groups in total. The van der Waals surface area contributed by atoms with Gasteiger partial charge in [0.1, 0.15) is 6.54 Å². The third-order valence-electron chi connectivity index (χ3n) is 1.97. The Bertz CT molecular complexity index is 359. The lowest BCUT2D eigenvalue weighted by Gasteiger charge is -2.02. The molecular weight excluding hydrogens is 198 g/mol. The zero-order valence-corrected chi connectivity index (χ0v) is 8.43. The van der Waals surface area contributed by atoms with Crippen molar-refractivity contribution in [1.82, 2.24) is 15.1 Å². The van der Waals surface area contributed by atoms with Gasteiger partial charge in [-0.1, -0.05) is 0 Å². The molecular formula is C9H13N3O3. The lowest BCUT2D eigenvalue weighted by Crippen LogP contribution is -2.29. The molecule has 0 fully saturated rings. The molecule has 0 saturated carbocycles. The fraction of sp³-hybridized carbons (Fsp3) is 0.444. The molecule has 0 aliphatic heterocycles. The van der Waals surface area contributed by atoms with Crippen molar-refractivity contribution in [3.05, 3.63) is 18.0 Å². The largest absolute Gasteiger partial charge is 0.480 e. The molecule has 0 spiro atoms. The molecule has 0 aliphatic rings. The standard InChI is InChI=1S/C9H13N3O3/c1-12-7(4-5-11-12)2-3-8(13)10-6-9(14)15/h4-5H,2-3,6H2,1H3,(H,10,13)(H,14,15). The first-order valence-corrected chi connectivity index (χ1v) is 4.55. The molecule has 0 atom stereocenters. The number of rotatable bonds is 5. The lowest BCUT2D eigenvalue weighted by atomic mass is 10.2. The van der Waals surface area contributed by atoms with E-state index in [9.17, 15) is 9.59 Å². The Balaban J connectivity index is 2.28. The highest BCUT2D eigenvalue weighted by molar-refractivity contribution is 5.81. The Morgan fingerprint density at radius 1 is 1.60 bits per heavy atom. The second-order valence-electron chi connectivity index (χ2n) is 3.12. The average Bonchev–Trinajstić information content (AvgIpc) is 2.58. The number of nitrogens with one attached hydrogen (secondary N) is 1. The average molecular weight is 211 g/mol. The maximum Gasteiger partial charge on any atom is 0.322 e. The van der Waals surface area contributed by atoms with Crippen LogP contribution in [0, 0.1) is 0 Å². The highest BCUT2D eigenvalue weighted by Crippen LogP contribution is 2.00. The molecule has 1 aromatic rings. The molecule has 0 aromatic carbocycles. The van der Waals surface area contributed by atoms with Gasteiger partial charge in [-0.15, -0.1) is 0 Å². The first-order chi connectivity index (χ1) is 7.09. The SMILES string of the molecule is Cn1nccc1CCC(=O)NCC(=O)O. The summed E-state index contributed by atoms with van der Waals surface area (Å²) in [5, 5.41) is 14.6. The summed E-state index contributed by atoms with van der Waals surface area (Å²) in [6.07, 6.45) is 2.49. The maximum atomic E-state index is 11.1. The second-order valence-corrected chi connectivity index (χ2v) is 3.12. The van der Waals surface area contributed by atoms with E-state index in [-0.39, 0.29) is 18.9 Å². The predicted molar refractivity (Wildman–Crippen MR) is 52.2 cm³/mol. The normalized spacial score (nSPS) is 9.93. The summed E-state index contributed by atoms with van der Waals surface area (Å²) in [6, 6.07) is 1.82. The Labute approximate surface area is 86.9 Å². The van der Waals surface area contributed by atoms with Crippen molar-refractivity contribution in [2.45, 2.75) is 12.8 Å². The Morgan fingerprint density at radius 3 is 2.87 bits per heavy atom. The first-order valence-electron chi connectivity index (χ1n) is 4.55. The van der Waals surface area contributed by atoms with Crippen LogP contribution in [0.15, 0.2) is 12.3 Å². The van der Waals surface area contributed by atoms with E-state index in [0.29, 0.717) is 6.42 Å². The minimum absolute atomic E-state index is 0.265. The number of hydrogen-bond acceptors (Lipinski definition) is 3.